The van der Waals surface area contributed by atoms with Crippen molar-refractivity contribution in [1.82, 2.24) is 0 Å². The average Bonchev–Trinajstić information content (AvgIpc) is 2.65. The molecule has 0 aliphatic rings. The maximum atomic E-state index is 12.7. The highest BCUT2D eigenvalue weighted by molar-refractivity contribution is 7.91. The van der Waals surface area contributed by atoms with Crippen LogP contribution >= 0.6 is 34.8 Å². The Morgan fingerprint density at radius 1 is 0.966 bits per heavy atom. The van der Waals surface area contributed by atoms with Crippen LogP contribution in [0.5, 0.6) is 11.5 Å². The van der Waals surface area contributed by atoms with Crippen molar-refractivity contribution in [2.45, 2.75) is 4.90 Å². The monoisotopic (exact) mass is 468 g/mol. The Morgan fingerprint density at radius 3 is 2.28 bits per heavy atom. The third-order valence-electron chi connectivity index (χ3n) is 3.85. The molecule has 3 rings (SSSR count). The van der Waals surface area contributed by atoms with Gasteiger partial charge in [0.25, 0.3) is 5.91 Å². The van der Waals surface area contributed by atoms with Gasteiger partial charge in [-0.1, -0.05) is 40.9 Å². The van der Waals surface area contributed by atoms with Gasteiger partial charge in [-0.15, -0.1) is 0 Å². The van der Waals surface area contributed by atoms with Crippen LogP contribution in [0.15, 0.2) is 65.6 Å². The van der Waals surface area contributed by atoms with E-state index in [0.29, 0.717) is 32.3 Å². The summed E-state index contributed by atoms with van der Waals surface area (Å²) in [6.07, 6.45) is 1.29. The number of benzene rings is 3. The van der Waals surface area contributed by atoms with Crippen LogP contribution in [0.25, 0.3) is 0 Å². The maximum Gasteiger partial charge on any atom is 0.255 e. The minimum absolute atomic E-state index is 0.250. The van der Waals surface area contributed by atoms with E-state index in [1.54, 1.807) is 48.5 Å². The minimum atomic E-state index is -2.95. The summed E-state index contributed by atoms with van der Waals surface area (Å²) in [5.41, 5.74) is 0.571. The number of hydrogen-bond acceptors (Lipinski definition) is 4. The topological polar surface area (TPSA) is 79.2 Å². The molecule has 9 heteroatoms. The van der Waals surface area contributed by atoms with E-state index in [4.69, 9.17) is 44.3 Å². The Bertz CT molecular complexity index is 1200. The summed E-state index contributed by atoms with van der Waals surface area (Å²) in [6.45, 7) is 0. The van der Waals surface area contributed by atoms with Gasteiger partial charge in [0.1, 0.15) is 5.75 Å². The van der Waals surface area contributed by atoms with Crippen LogP contribution < -0.4 is 10.1 Å². The van der Waals surface area contributed by atoms with Crippen LogP contribution in [0, 0.1) is 4.78 Å². The molecule has 3 aromatic rings. The van der Waals surface area contributed by atoms with Gasteiger partial charge in [-0.05, 0) is 54.6 Å². The summed E-state index contributed by atoms with van der Waals surface area (Å²) in [7, 11) is -2.95. The number of nitrogens with one attached hydrogen (secondary N) is 2. The summed E-state index contributed by atoms with van der Waals surface area (Å²) in [6, 6.07) is 15.6. The standard InChI is InChI=1S/C20H15Cl3N2O3S/c1-29(24,27)15-4-2-3-12(9-15)20(26)25-17-11-14(22)6-8-19(17)28-18-7-5-13(21)10-16(18)23/h2-11,24H,1H3,(H,25,26). The van der Waals surface area contributed by atoms with Gasteiger partial charge in [0.05, 0.1) is 20.4 Å². The minimum Gasteiger partial charge on any atom is -0.454 e. The molecule has 0 aliphatic carbocycles. The predicted octanol–water partition coefficient (Wildman–Crippen LogP) is 6.73. The van der Waals surface area contributed by atoms with Crippen LogP contribution in [0.3, 0.4) is 0 Å². The summed E-state index contributed by atoms with van der Waals surface area (Å²) in [4.78, 5) is 13.0. The van der Waals surface area contributed by atoms with Crippen LogP contribution in [-0.2, 0) is 9.73 Å². The molecule has 3 aromatic carbocycles. The molecular formula is C20H15Cl3N2O3S. The molecule has 0 bridgehead atoms. The van der Waals surface area contributed by atoms with E-state index in [1.807, 2.05) is 0 Å². The van der Waals surface area contributed by atoms with Crippen molar-refractivity contribution in [1.29, 1.82) is 4.78 Å². The Labute approximate surface area is 183 Å². The van der Waals surface area contributed by atoms with Gasteiger partial charge in [-0.25, -0.2) is 8.99 Å². The van der Waals surface area contributed by atoms with Crippen molar-refractivity contribution in [3.8, 4) is 11.5 Å². The normalized spacial score (nSPS) is 12.8. The molecule has 0 spiro atoms. The van der Waals surface area contributed by atoms with Crippen LogP contribution in [-0.4, -0.2) is 16.4 Å². The first-order chi connectivity index (χ1) is 13.6. The lowest BCUT2D eigenvalue weighted by atomic mass is 10.2. The molecule has 2 N–H and O–H groups in total. The van der Waals surface area contributed by atoms with Crippen molar-refractivity contribution in [2.75, 3.05) is 11.6 Å². The molecule has 1 amide bonds. The van der Waals surface area contributed by atoms with Gasteiger partial charge in [0.15, 0.2) is 5.75 Å². The number of carbonyl (C=O) groups is 1. The highest BCUT2D eigenvalue weighted by Crippen LogP contribution is 2.36. The molecule has 150 valence electrons. The van der Waals surface area contributed by atoms with E-state index in [1.165, 1.54) is 18.4 Å². The van der Waals surface area contributed by atoms with Gasteiger partial charge in [-0.3, -0.25) is 4.79 Å². The van der Waals surface area contributed by atoms with E-state index in [-0.39, 0.29) is 10.5 Å². The SMILES string of the molecule is CS(=N)(=O)c1cccc(C(=O)Nc2cc(Cl)ccc2Oc2ccc(Cl)cc2Cl)c1. The number of halogens is 3. The number of hydrogen-bond donors (Lipinski definition) is 2. The lowest BCUT2D eigenvalue weighted by molar-refractivity contribution is 0.102. The fourth-order valence-corrected chi connectivity index (χ4v) is 3.75. The molecule has 1 unspecified atom stereocenters. The Balaban J connectivity index is 1.91. The van der Waals surface area contributed by atoms with Gasteiger partial charge >= 0.3 is 0 Å². The van der Waals surface area contributed by atoms with Gasteiger partial charge in [0.2, 0.25) is 0 Å². The third-order valence-corrected chi connectivity index (χ3v) is 5.77. The van der Waals surface area contributed by atoms with E-state index < -0.39 is 15.6 Å². The predicted molar refractivity (Wildman–Crippen MR) is 117 cm³/mol. The molecule has 0 fully saturated rings. The highest BCUT2D eigenvalue weighted by atomic mass is 35.5. The van der Waals surface area contributed by atoms with E-state index in [2.05, 4.69) is 5.32 Å². The molecule has 5 nitrogen and oxygen atoms in total. The molecule has 0 aliphatic heterocycles. The largest absolute Gasteiger partial charge is 0.454 e. The maximum absolute atomic E-state index is 12.7. The van der Waals surface area contributed by atoms with Gasteiger partial charge in [0, 0.05) is 26.8 Å². The van der Waals surface area contributed by atoms with E-state index >= 15 is 0 Å². The second kappa shape index (κ2) is 8.63. The molecular weight excluding hydrogens is 455 g/mol. The molecule has 0 aromatic heterocycles. The fraction of sp³-hybridized carbons (Fsp3) is 0.0500. The summed E-state index contributed by atoms with van der Waals surface area (Å²) in [5, 5.41) is 3.90. The van der Waals surface area contributed by atoms with E-state index in [0.717, 1.165) is 0 Å². The Morgan fingerprint density at radius 2 is 1.62 bits per heavy atom. The van der Waals surface area contributed by atoms with Crippen LogP contribution in [0.2, 0.25) is 15.1 Å². The average molecular weight is 470 g/mol. The second-order valence-electron chi connectivity index (χ2n) is 6.14. The van der Waals surface area contributed by atoms with Crippen molar-refractivity contribution >= 4 is 56.1 Å². The summed E-state index contributed by atoms with van der Waals surface area (Å²) >= 11 is 18.1. The molecule has 0 heterocycles. The van der Waals surface area contributed by atoms with Gasteiger partial charge < -0.3 is 10.1 Å². The van der Waals surface area contributed by atoms with Crippen molar-refractivity contribution in [3.63, 3.8) is 0 Å². The number of carbonyl (C=O) groups excluding carboxylic acids is 1. The Hall–Kier alpha value is -2.25. The molecule has 0 saturated heterocycles. The van der Waals surface area contributed by atoms with Crippen LogP contribution in [0.1, 0.15) is 10.4 Å². The zero-order valence-electron chi connectivity index (χ0n) is 15.0. The second-order valence-corrected chi connectivity index (χ2v) is 9.58. The first kappa shape index (κ1) is 21.5. The fourth-order valence-electron chi connectivity index (χ4n) is 2.44. The molecule has 0 radical (unpaired) electrons. The molecule has 29 heavy (non-hydrogen) atoms. The number of rotatable bonds is 5. The highest BCUT2D eigenvalue weighted by Gasteiger charge is 2.14. The smallest absolute Gasteiger partial charge is 0.255 e. The van der Waals surface area contributed by atoms with Crippen molar-refractivity contribution in [3.05, 3.63) is 81.3 Å². The first-order valence-electron chi connectivity index (χ1n) is 8.21. The summed E-state index contributed by atoms with van der Waals surface area (Å²) in [5.74, 6) is 0.212. The number of amides is 1. The van der Waals surface area contributed by atoms with Crippen LogP contribution in [0.4, 0.5) is 5.69 Å². The zero-order chi connectivity index (χ0) is 21.2. The molecule has 0 saturated carbocycles. The summed E-state index contributed by atoms with van der Waals surface area (Å²) < 4.78 is 25.5. The zero-order valence-corrected chi connectivity index (χ0v) is 18.1. The number of anilines is 1. The molecule has 1 atom stereocenters. The Kier molecular flexibility index (Phi) is 6.39. The quantitative estimate of drug-likeness (QED) is 0.435. The van der Waals surface area contributed by atoms with Crippen molar-refractivity contribution < 1.29 is 13.7 Å². The van der Waals surface area contributed by atoms with E-state index in [9.17, 15) is 9.00 Å². The van der Waals surface area contributed by atoms with Crippen molar-refractivity contribution in [2.24, 2.45) is 0 Å². The van der Waals surface area contributed by atoms with Gasteiger partial charge in [-0.2, -0.15) is 0 Å². The number of ether oxygens (including phenoxy) is 1. The lowest BCUT2D eigenvalue weighted by Gasteiger charge is -2.14. The lowest BCUT2D eigenvalue weighted by Crippen LogP contribution is -2.13. The third kappa shape index (κ3) is 5.42. The first-order valence-corrected chi connectivity index (χ1v) is 11.3.